The summed E-state index contributed by atoms with van der Waals surface area (Å²) < 4.78 is 29.7. The maximum Gasteiger partial charge on any atom is 0.282 e. The predicted molar refractivity (Wildman–Crippen MR) is 120 cm³/mol. The van der Waals surface area contributed by atoms with Gasteiger partial charge >= 0.3 is 0 Å². The first-order valence-corrected chi connectivity index (χ1v) is 10.3. The van der Waals surface area contributed by atoms with Crippen molar-refractivity contribution in [2.24, 2.45) is 0 Å². The molecule has 2 amide bonds. The fraction of sp³-hybridized carbons (Fsp3) is 0.120. The second-order valence-corrected chi connectivity index (χ2v) is 7.32. The van der Waals surface area contributed by atoms with E-state index < -0.39 is 17.6 Å². The maximum atomic E-state index is 13.4. The van der Waals surface area contributed by atoms with Crippen molar-refractivity contribution in [3.63, 3.8) is 0 Å². The second kappa shape index (κ2) is 8.31. The standard InChI is InChI=1S/C25H19FN2O5/c1-2-31-19-10-3-15(4-11-19)22-23(27-17-7-12-20-21(13-17)33-14-32-20)25(30)28(24(22)29)18-8-5-16(26)6-9-18/h3-13,27H,2,14H2,1H3. The molecule has 0 aliphatic carbocycles. The van der Waals surface area contributed by atoms with E-state index in [-0.39, 0.29) is 23.8 Å². The lowest BCUT2D eigenvalue weighted by Crippen LogP contribution is -2.32. The molecule has 1 N–H and O–H groups in total. The minimum atomic E-state index is -0.548. The smallest absolute Gasteiger partial charge is 0.282 e. The summed E-state index contributed by atoms with van der Waals surface area (Å²) in [7, 11) is 0. The van der Waals surface area contributed by atoms with Gasteiger partial charge in [-0.15, -0.1) is 0 Å². The molecule has 0 aromatic heterocycles. The molecule has 0 saturated heterocycles. The zero-order valence-corrected chi connectivity index (χ0v) is 17.6. The summed E-state index contributed by atoms with van der Waals surface area (Å²) in [6.07, 6.45) is 0. The number of amides is 2. The summed E-state index contributed by atoms with van der Waals surface area (Å²) in [5, 5.41) is 3.08. The van der Waals surface area contributed by atoms with Crippen molar-refractivity contribution >= 4 is 28.8 Å². The Hall–Kier alpha value is -4.33. The Bertz CT molecular complexity index is 1270. The SMILES string of the molecule is CCOc1ccc(C2=C(Nc3ccc4c(c3)OCO4)C(=O)N(c3ccc(F)cc3)C2=O)cc1. The van der Waals surface area contributed by atoms with E-state index in [1.165, 1.54) is 24.3 Å². The number of ether oxygens (including phenoxy) is 3. The van der Waals surface area contributed by atoms with Crippen LogP contribution in [0.3, 0.4) is 0 Å². The fourth-order valence-corrected chi connectivity index (χ4v) is 3.74. The van der Waals surface area contributed by atoms with Crippen LogP contribution in [0.25, 0.3) is 5.57 Å². The minimum absolute atomic E-state index is 0.104. The topological polar surface area (TPSA) is 77.1 Å². The molecular formula is C25H19FN2O5. The molecular weight excluding hydrogens is 427 g/mol. The normalized spacial score (nSPS) is 14.8. The Balaban J connectivity index is 1.56. The van der Waals surface area contributed by atoms with Gasteiger partial charge in [-0.3, -0.25) is 9.59 Å². The largest absolute Gasteiger partial charge is 0.494 e. The molecule has 5 rings (SSSR count). The van der Waals surface area contributed by atoms with Gasteiger partial charge in [0, 0.05) is 11.8 Å². The molecule has 0 atom stereocenters. The number of imide groups is 1. The summed E-state index contributed by atoms with van der Waals surface area (Å²) in [5.74, 6) is 0.265. The lowest BCUT2D eigenvalue weighted by molar-refractivity contribution is -0.120. The number of rotatable bonds is 6. The van der Waals surface area contributed by atoms with E-state index in [4.69, 9.17) is 14.2 Å². The molecule has 0 unspecified atom stereocenters. The number of anilines is 2. The molecule has 3 aromatic carbocycles. The molecule has 0 spiro atoms. The molecule has 3 aromatic rings. The first kappa shape index (κ1) is 20.6. The third kappa shape index (κ3) is 3.76. The summed E-state index contributed by atoms with van der Waals surface area (Å²) in [5.41, 5.74) is 1.68. The lowest BCUT2D eigenvalue weighted by atomic mass is 10.0. The van der Waals surface area contributed by atoms with Crippen LogP contribution >= 0.6 is 0 Å². The van der Waals surface area contributed by atoms with Crippen LogP contribution in [0.2, 0.25) is 0 Å². The number of hydrogen-bond acceptors (Lipinski definition) is 6. The molecule has 166 valence electrons. The third-order valence-electron chi connectivity index (χ3n) is 5.26. The van der Waals surface area contributed by atoms with E-state index in [1.54, 1.807) is 42.5 Å². The molecule has 0 saturated carbocycles. The van der Waals surface area contributed by atoms with Crippen molar-refractivity contribution in [2.75, 3.05) is 23.6 Å². The minimum Gasteiger partial charge on any atom is -0.494 e. The van der Waals surface area contributed by atoms with Gasteiger partial charge in [-0.2, -0.15) is 0 Å². The van der Waals surface area contributed by atoms with E-state index in [0.717, 1.165) is 4.90 Å². The van der Waals surface area contributed by atoms with Gasteiger partial charge < -0.3 is 19.5 Å². The number of nitrogens with zero attached hydrogens (tertiary/aromatic N) is 1. The van der Waals surface area contributed by atoms with Crippen molar-refractivity contribution in [1.82, 2.24) is 0 Å². The highest BCUT2D eigenvalue weighted by Crippen LogP contribution is 2.37. The van der Waals surface area contributed by atoms with Crippen LogP contribution in [0.1, 0.15) is 12.5 Å². The number of nitrogens with one attached hydrogen (secondary N) is 1. The number of carbonyl (C=O) groups is 2. The van der Waals surface area contributed by atoms with E-state index in [9.17, 15) is 14.0 Å². The molecule has 8 heteroatoms. The highest BCUT2D eigenvalue weighted by molar-refractivity contribution is 6.46. The quantitative estimate of drug-likeness (QED) is 0.568. The first-order chi connectivity index (χ1) is 16.0. The van der Waals surface area contributed by atoms with Crippen LogP contribution in [0.4, 0.5) is 15.8 Å². The van der Waals surface area contributed by atoms with E-state index in [0.29, 0.717) is 35.1 Å². The second-order valence-electron chi connectivity index (χ2n) is 7.32. The number of hydrogen-bond donors (Lipinski definition) is 1. The predicted octanol–water partition coefficient (Wildman–Crippen LogP) is 4.35. The van der Waals surface area contributed by atoms with Crippen LogP contribution in [-0.2, 0) is 9.59 Å². The summed E-state index contributed by atoms with van der Waals surface area (Å²) in [4.78, 5) is 27.9. The van der Waals surface area contributed by atoms with Crippen LogP contribution in [-0.4, -0.2) is 25.2 Å². The first-order valence-electron chi connectivity index (χ1n) is 10.3. The number of halogens is 1. The number of carbonyl (C=O) groups excluding carboxylic acids is 2. The number of fused-ring (bicyclic) bond motifs is 1. The Labute approximate surface area is 189 Å². The third-order valence-corrected chi connectivity index (χ3v) is 5.26. The van der Waals surface area contributed by atoms with Gasteiger partial charge in [0.2, 0.25) is 6.79 Å². The van der Waals surface area contributed by atoms with Crippen LogP contribution in [0.5, 0.6) is 17.2 Å². The molecule has 0 bridgehead atoms. The van der Waals surface area contributed by atoms with Gasteiger partial charge in [0.25, 0.3) is 11.8 Å². The average Bonchev–Trinajstić information content (AvgIpc) is 3.38. The molecule has 7 nitrogen and oxygen atoms in total. The van der Waals surface area contributed by atoms with Crippen molar-refractivity contribution in [3.05, 3.63) is 83.8 Å². The maximum absolute atomic E-state index is 13.4. The van der Waals surface area contributed by atoms with Crippen LogP contribution in [0.15, 0.2) is 72.4 Å². The van der Waals surface area contributed by atoms with Gasteiger partial charge in [-0.05, 0) is 61.0 Å². The molecule has 2 heterocycles. The van der Waals surface area contributed by atoms with Crippen molar-refractivity contribution in [3.8, 4) is 17.2 Å². The average molecular weight is 446 g/mol. The Morgan fingerprint density at radius 1 is 0.939 bits per heavy atom. The lowest BCUT2D eigenvalue weighted by Gasteiger charge is -2.15. The molecule has 0 fully saturated rings. The van der Waals surface area contributed by atoms with Crippen molar-refractivity contribution in [2.45, 2.75) is 6.92 Å². The van der Waals surface area contributed by atoms with Crippen LogP contribution in [0, 0.1) is 5.82 Å². The summed E-state index contributed by atoms with van der Waals surface area (Å²) in [6.45, 7) is 2.51. The van der Waals surface area contributed by atoms with Gasteiger partial charge in [0.05, 0.1) is 17.9 Å². The Morgan fingerprint density at radius 3 is 2.39 bits per heavy atom. The molecule has 2 aliphatic heterocycles. The summed E-state index contributed by atoms with van der Waals surface area (Å²) >= 11 is 0. The highest BCUT2D eigenvalue weighted by atomic mass is 19.1. The Kier molecular flexibility index (Phi) is 5.18. The molecule has 33 heavy (non-hydrogen) atoms. The van der Waals surface area contributed by atoms with E-state index >= 15 is 0 Å². The monoisotopic (exact) mass is 446 g/mol. The molecule has 0 radical (unpaired) electrons. The van der Waals surface area contributed by atoms with Crippen molar-refractivity contribution < 1.29 is 28.2 Å². The number of benzene rings is 3. The van der Waals surface area contributed by atoms with Gasteiger partial charge in [-0.25, -0.2) is 9.29 Å². The van der Waals surface area contributed by atoms with Crippen molar-refractivity contribution in [1.29, 1.82) is 0 Å². The zero-order chi connectivity index (χ0) is 22.9. The van der Waals surface area contributed by atoms with E-state index in [2.05, 4.69) is 5.32 Å². The van der Waals surface area contributed by atoms with Gasteiger partial charge in [0.15, 0.2) is 11.5 Å². The van der Waals surface area contributed by atoms with Gasteiger partial charge in [-0.1, -0.05) is 12.1 Å². The van der Waals surface area contributed by atoms with Crippen LogP contribution < -0.4 is 24.4 Å². The highest BCUT2D eigenvalue weighted by Gasteiger charge is 2.40. The fourth-order valence-electron chi connectivity index (χ4n) is 3.74. The van der Waals surface area contributed by atoms with Gasteiger partial charge in [0.1, 0.15) is 17.3 Å². The summed E-state index contributed by atoms with van der Waals surface area (Å²) in [6, 6.07) is 17.3. The Morgan fingerprint density at radius 2 is 1.67 bits per heavy atom. The van der Waals surface area contributed by atoms with E-state index in [1.807, 2.05) is 6.92 Å². The zero-order valence-electron chi connectivity index (χ0n) is 17.6. The molecule has 2 aliphatic rings.